The number of ether oxygens (including phenoxy) is 2. The van der Waals surface area contributed by atoms with Crippen LogP contribution >= 0.6 is 0 Å². The van der Waals surface area contributed by atoms with Gasteiger partial charge in [0, 0.05) is 0 Å². The topological polar surface area (TPSA) is 77.3 Å². The molecule has 0 aromatic rings. The second-order valence-electron chi connectivity index (χ2n) is 8.62. The van der Waals surface area contributed by atoms with Gasteiger partial charge in [-0.3, -0.25) is 19.6 Å². The quantitative estimate of drug-likeness (QED) is 0.708. The van der Waals surface area contributed by atoms with Crippen LogP contribution in [-0.4, -0.2) is 47.2 Å². The average Bonchev–Trinajstić information content (AvgIpc) is 3.10. The van der Waals surface area contributed by atoms with E-state index in [0.29, 0.717) is 19.4 Å². The summed E-state index contributed by atoms with van der Waals surface area (Å²) in [6.07, 6.45) is 11.0. The Morgan fingerprint density at radius 2 is 1.30 bits per heavy atom. The molecule has 2 heterocycles. The van der Waals surface area contributed by atoms with E-state index in [2.05, 4.69) is 0 Å². The Labute approximate surface area is 160 Å². The smallest absolute Gasteiger partial charge is 0.312 e. The van der Waals surface area contributed by atoms with Crippen LogP contribution in [-0.2, 0) is 19.1 Å². The number of hydrogen-bond acceptors (Lipinski definition) is 6. The fourth-order valence-electron chi connectivity index (χ4n) is 5.16. The molecular formula is C21H30N2O4. The molecule has 0 unspecified atom stereocenters. The molecule has 6 heteroatoms. The number of carbonyl (C=O) groups is 2. The molecule has 27 heavy (non-hydrogen) atoms. The highest BCUT2D eigenvalue weighted by atomic mass is 16.6. The summed E-state index contributed by atoms with van der Waals surface area (Å²) in [6, 6.07) is -0.0304. The van der Waals surface area contributed by atoms with Crippen molar-refractivity contribution >= 4 is 23.4 Å². The third-order valence-corrected chi connectivity index (χ3v) is 6.54. The van der Waals surface area contributed by atoms with Crippen molar-refractivity contribution in [2.75, 3.05) is 6.54 Å². The first-order chi connectivity index (χ1) is 13.0. The Bertz CT molecular complexity index is 670. The number of carbonyl (C=O) groups excluding carboxylic acids is 2. The molecule has 0 radical (unpaired) electrons. The van der Waals surface area contributed by atoms with Gasteiger partial charge in [-0.1, -0.05) is 12.8 Å². The molecule has 0 N–H and O–H groups in total. The van der Waals surface area contributed by atoms with Gasteiger partial charge in [-0.05, 0) is 58.3 Å². The lowest BCUT2D eigenvalue weighted by Gasteiger charge is -2.33. The Hall–Kier alpha value is -1.72. The Kier molecular flexibility index (Phi) is 5.08. The van der Waals surface area contributed by atoms with Gasteiger partial charge in [-0.2, -0.15) is 0 Å². The molecule has 4 rings (SSSR count). The van der Waals surface area contributed by atoms with Gasteiger partial charge in [-0.25, -0.2) is 0 Å². The van der Waals surface area contributed by atoms with Gasteiger partial charge in [0.1, 0.15) is 0 Å². The lowest BCUT2D eigenvalue weighted by molar-refractivity contribution is -0.149. The zero-order valence-electron chi connectivity index (χ0n) is 16.3. The van der Waals surface area contributed by atoms with Crippen LogP contribution in [0.2, 0.25) is 0 Å². The van der Waals surface area contributed by atoms with Crippen molar-refractivity contribution in [3.05, 3.63) is 0 Å². The number of nitrogens with zero attached hydrogens (tertiary/aromatic N) is 2. The molecule has 2 saturated heterocycles. The molecular weight excluding hydrogens is 344 g/mol. The maximum absolute atomic E-state index is 11.9. The summed E-state index contributed by atoms with van der Waals surface area (Å²) in [5.41, 5.74) is 0.920. The number of aliphatic imine (C=N–C) groups is 2. The summed E-state index contributed by atoms with van der Waals surface area (Å²) >= 11 is 0. The summed E-state index contributed by atoms with van der Waals surface area (Å²) < 4.78 is 11.4. The van der Waals surface area contributed by atoms with E-state index >= 15 is 0 Å². The first-order valence-corrected chi connectivity index (χ1v) is 10.6. The highest BCUT2D eigenvalue weighted by Gasteiger charge is 2.48. The van der Waals surface area contributed by atoms with Gasteiger partial charge in [0.05, 0.1) is 36.9 Å². The van der Waals surface area contributed by atoms with Crippen LogP contribution in [0.5, 0.6) is 0 Å². The number of rotatable bonds is 3. The minimum absolute atomic E-state index is 0.0304. The van der Waals surface area contributed by atoms with E-state index in [1.54, 1.807) is 0 Å². The highest BCUT2D eigenvalue weighted by Crippen LogP contribution is 2.39. The maximum Gasteiger partial charge on any atom is 0.312 e. The zero-order chi connectivity index (χ0) is 18.9. The second kappa shape index (κ2) is 7.36. The van der Waals surface area contributed by atoms with Crippen molar-refractivity contribution in [1.82, 2.24) is 0 Å². The van der Waals surface area contributed by atoms with Crippen molar-refractivity contribution in [1.29, 1.82) is 0 Å². The molecule has 6 nitrogen and oxygen atoms in total. The summed E-state index contributed by atoms with van der Waals surface area (Å²) in [7, 11) is 0. The normalized spacial score (nSPS) is 30.9. The number of hydrogen-bond donors (Lipinski definition) is 0. The standard InChI is InChI=1S/C21H30N2O4/c1-15(23-17-13-19(25)27-21(17)10-6-3-7-11-21)14-22-16-12-18(24)26-20(16)8-4-2-5-9-20/h15H,2-14H2,1H3/t15-/m1/s1. The van der Waals surface area contributed by atoms with Gasteiger partial charge in [0.2, 0.25) is 0 Å². The van der Waals surface area contributed by atoms with E-state index in [9.17, 15) is 9.59 Å². The first-order valence-electron chi connectivity index (χ1n) is 10.6. The van der Waals surface area contributed by atoms with Crippen LogP contribution in [0.15, 0.2) is 9.98 Å². The molecule has 2 aliphatic heterocycles. The Morgan fingerprint density at radius 1 is 0.815 bits per heavy atom. The zero-order valence-corrected chi connectivity index (χ0v) is 16.3. The van der Waals surface area contributed by atoms with E-state index in [-0.39, 0.29) is 18.0 Å². The Morgan fingerprint density at radius 3 is 1.85 bits per heavy atom. The van der Waals surface area contributed by atoms with Gasteiger partial charge in [0.25, 0.3) is 0 Å². The van der Waals surface area contributed by atoms with Crippen LogP contribution in [0.25, 0.3) is 0 Å². The molecule has 0 bridgehead atoms. The minimum Gasteiger partial charge on any atom is -0.453 e. The molecule has 4 aliphatic rings. The van der Waals surface area contributed by atoms with Crippen LogP contribution < -0.4 is 0 Å². The molecule has 148 valence electrons. The lowest BCUT2D eigenvalue weighted by atomic mass is 9.81. The molecule has 2 spiro atoms. The molecule has 0 amide bonds. The fourth-order valence-corrected chi connectivity index (χ4v) is 5.16. The predicted octanol–water partition coefficient (Wildman–Crippen LogP) is 3.56. The SMILES string of the molecule is C[C@H](CN=C1CC(=O)OC12CCCCC2)N=C1CC(=O)OC12CCCCC2. The van der Waals surface area contributed by atoms with Crippen molar-refractivity contribution < 1.29 is 19.1 Å². The van der Waals surface area contributed by atoms with Gasteiger partial charge in [0.15, 0.2) is 11.2 Å². The molecule has 4 fully saturated rings. The molecule has 2 aliphatic carbocycles. The fraction of sp³-hybridized carbons (Fsp3) is 0.810. The predicted molar refractivity (Wildman–Crippen MR) is 102 cm³/mol. The van der Waals surface area contributed by atoms with Gasteiger partial charge in [-0.15, -0.1) is 0 Å². The van der Waals surface area contributed by atoms with E-state index in [4.69, 9.17) is 19.5 Å². The van der Waals surface area contributed by atoms with Crippen molar-refractivity contribution in [3.63, 3.8) is 0 Å². The molecule has 2 saturated carbocycles. The monoisotopic (exact) mass is 374 g/mol. The summed E-state index contributed by atoms with van der Waals surface area (Å²) in [6.45, 7) is 2.56. The van der Waals surface area contributed by atoms with E-state index in [0.717, 1.165) is 62.8 Å². The Balaban J connectivity index is 1.47. The van der Waals surface area contributed by atoms with Gasteiger partial charge < -0.3 is 9.47 Å². The van der Waals surface area contributed by atoms with Crippen LogP contribution in [0.4, 0.5) is 0 Å². The molecule has 1 atom stereocenters. The van der Waals surface area contributed by atoms with E-state index in [1.165, 1.54) is 12.8 Å². The summed E-state index contributed by atoms with van der Waals surface area (Å²) in [4.78, 5) is 33.5. The largest absolute Gasteiger partial charge is 0.453 e. The van der Waals surface area contributed by atoms with Crippen molar-refractivity contribution in [3.8, 4) is 0 Å². The average molecular weight is 374 g/mol. The lowest BCUT2D eigenvalue weighted by Crippen LogP contribution is -2.39. The summed E-state index contributed by atoms with van der Waals surface area (Å²) in [5, 5.41) is 0. The molecule has 0 aromatic heterocycles. The van der Waals surface area contributed by atoms with Gasteiger partial charge >= 0.3 is 11.9 Å². The summed E-state index contributed by atoms with van der Waals surface area (Å²) in [5.74, 6) is -0.296. The third kappa shape index (κ3) is 3.67. The minimum atomic E-state index is -0.451. The van der Waals surface area contributed by atoms with Crippen molar-refractivity contribution in [2.45, 2.75) is 101 Å². The van der Waals surface area contributed by atoms with Crippen LogP contribution in [0.3, 0.4) is 0 Å². The van der Waals surface area contributed by atoms with Crippen LogP contribution in [0, 0.1) is 0 Å². The van der Waals surface area contributed by atoms with Crippen LogP contribution in [0.1, 0.15) is 84.0 Å². The number of esters is 2. The third-order valence-electron chi connectivity index (χ3n) is 6.54. The molecule has 0 aromatic carbocycles. The second-order valence-corrected chi connectivity index (χ2v) is 8.62. The van der Waals surface area contributed by atoms with E-state index < -0.39 is 11.2 Å². The maximum atomic E-state index is 11.9. The van der Waals surface area contributed by atoms with Crippen molar-refractivity contribution in [2.24, 2.45) is 9.98 Å². The van der Waals surface area contributed by atoms with E-state index in [1.807, 2.05) is 6.92 Å². The first kappa shape index (κ1) is 18.6. The highest BCUT2D eigenvalue weighted by molar-refractivity contribution is 6.10.